The second-order valence-corrected chi connectivity index (χ2v) is 4.88. The summed E-state index contributed by atoms with van der Waals surface area (Å²) < 4.78 is 4.85. The molecule has 0 aliphatic heterocycles. The molecule has 0 radical (unpaired) electrons. The van der Waals surface area contributed by atoms with Crippen LogP contribution in [0.25, 0.3) is 0 Å². The lowest BCUT2D eigenvalue weighted by Crippen LogP contribution is -1.99. The second-order valence-electron chi connectivity index (χ2n) is 4.88. The number of rotatable bonds is 12. The summed E-state index contributed by atoms with van der Waals surface area (Å²) in [6.45, 7) is 4.20. The molecule has 114 valence electrons. The molecule has 0 amide bonds. The summed E-state index contributed by atoms with van der Waals surface area (Å²) >= 11 is 0. The van der Waals surface area contributed by atoms with Crippen molar-refractivity contribution in [2.45, 2.75) is 65.2 Å². The maximum Gasteiger partial charge on any atom is 0.302 e. The monoisotopic (exact) mass is 278 g/mol. The van der Waals surface area contributed by atoms with Gasteiger partial charge >= 0.3 is 5.97 Å². The van der Waals surface area contributed by atoms with Crippen LogP contribution in [0.15, 0.2) is 36.5 Å². The number of esters is 1. The Morgan fingerprint density at radius 1 is 0.850 bits per heavy atom. The van der Waals surface area contributed by atoms with Gasteiger partial charge in [-0.3, -0.25) is 4.79 Å². The molecule has 0 fully saturated rings. The van der Waals surface area contributed by atoms with Crippen LogP contribution in [0.3, 0.4) is 0 Å². The number of carbonyl (C=O) groups excluding carboxylic acids is 1. The van der Waals surface area contributed by atoms with Crippen LogP contribution in [-0.4, -0.2) is 12.6 Å². The summed E-state index contributed by atoms with van der Waals surface area (Å²) in [7, 11) is 0. The zero-order chi connectivity index (χ0) is 14.9. The van der Waals surface area contributed by atoms with Gasteiger partial charge in [0.25, 0.3) is 0 Å². The zero-order valence-electron chi connectivity index (χ0n) is 13.1. The van der Waals surface area contributed by atoms with Crippen molar-refractivity contribution in [3.05, 3.63) is 36.5 Å². The molecule has 0 aliphatic carbocycles. The average molecular weight is 278 g/mol. The minimum absolute atomic E-state index is 0.198. The summed E-state index contributed by atoms with van der Waals surface area (Å²) in [6.07, 6.45) is 22.3. The number of hydrogen-bond acceptors (Lipinski definition) is 2. The van der Waals surface area contributed by atoms with Gasteiger partial charge in [0.15, 0.2) is 0 Å². The molecule has 0 bridgehead atoms. The van der Waals surface area contributed by atoms with Gasteiger partial charge in [-0.15, -0.1) is 0 Å². The van der Waals surface area contributed by atoms with E-state index in [1.807, 2.05) is 0 Å². The van der Waals surface area contributed by atoms with E-state index in [9.17, 15) is 4.79 Å². The first-order chi connectivity index (χ1) is 9.77. The lowest BCUT2D eigenvalue weighted by atomic mass is 10.2. The highest BCUT2D eigenvalue weighted by Gasteiger charge is 1.89. The third-order valence-corrected chi connectivity index (χ3v) is 2.84. The van der Waals surface area contributed by atoms with Crippen LogP contribution < -0.4 is 0 Å². The normalized spacial score (nSPS) is 11.9. The van der Waals surface area contributed by atoms with Gasteiger partial charge in [0.2, 0.25) is 0 Å². The standard InChI is InChI=1S/C18H30O2/c1-3-4-5-6-7-8-9-10-11-12-13-14-15-16-17-20-18(2)19/h7-8,11-14H,3-6,9-10,15-17H2,1-2H3/b8-7?,12-11+,14-13-. The summed E-state index contributed by atoms with van der Waals surface area (Å²) in [6, 6.07) is 0. The number of unbranched alkanes of at least 4 members (excludes halogenated alkanes) is 5. The molecule has 0 saturated heterocycles. The molecule has 0 atom stereocenters. The first-order valence-electron chi connectivity index (χ1n) is 7.87. The Morgan fingerprint density at radius 3 is 2.15 bits per heavy atom. The van der Waals surface area contributed by atoms with Gasteiger partial charge in [-0.05, 0) is 38.5 Å². The first kappa shape index (κ1) is 18.7. The van der Waals surface area contributed by atoms with Gasteiger partial charge in [0.05, 0.1) is 6.61 Å². The summed E-state index contributed by atoms with van der Waals surface area (Å²) in [5.74, 6) is -0.198. The van der Waals surface area contributed by atoms with Gasteiger partial charge < -0.3 is 4.74 Å². The maximum atomic E-state index is 10.5. The van der Waals surface area contributed by atoms with Crippen molar-refractivity contribution in [3.8, 4) is 0 Å². The predicted octanol–water partition coefficient (Wildman–Crippen LogP) is 5.36. The van der Waals surface area contributed by atoms with Crippen molar-refractivity contribution in [1.29, 1.82) is 0 Å². The summed E-state index contributed by atoms with van der Waals surface area (Å²) in [4.78, 5) is 10.5. The Hall–Kier alpha value is -1.31. The number of allylic oxidation sites excluding steroid dienone is 6. The molecule has 0 unspecified atom stereocenters. The molecule has 2 nitrogen and oxygen atoms in total. The predicted molar refractivity (Wildman–Crippen MR) is 86.7 cm³/mol. The Labute approximate surface area is 124 Å². The van der Waals surface area contributed by atoms with E-state index in [-0.39, 0.29) is 5.97 Å². The number of ether oxygens (including phenoxy) is 1. The van der Waals surface area contributed by atoms with Crippen LogP contribution >= 0.6 is 0 Å². The van der Waals surface area contributed by atoms with Gasteiger partial charge in [-0.1, -0.05) is 56.2 Å². The lowest BCUT2D eigenvalue weighted by molar-refractivity contribution is -0.141. The van der Waals surface area contributed by atoms with Gasteiger partial charge in [0, 0.05) is 6.92 Å². The van der Waals surface area contributed by atoms with Crippen LogP contribution in [0.5, 0.6) is 0 Å². The van der Waals surface area contributed by atoms with Crippen molar-refractivity contribution in [2.24, 2.45) is 0 Å². The largest absolute Gasteiger partial charge is 0.466 e. The molecule has 0 N–H and O–H groups in total. The summed E-state index contributed by atoms with van der Waals surface area (Å²) in [5, 5.41) is 0. The van der Waals surface area contributed by atoms with Crippen LogP contribution in [0, 0.1) is 0 Å². The van der Waals surface area contributed by atoms with Gasteiger partial charge in [-0.25, -0.2) is 0 Å². The quantitative estimate of drug-likeness (QED) is 0.208. The SMILES string of the molecule is CCCCCC=CCC/C=C/C=C\CCCOC(C)=O. The topological polar surface area (TPSA) is 26.3 Å². The Morgan fingerprint density at radius 2 is 1.45 bits per heavy atom. The van der Waals surface area contributed by atoms with Crippen molar-refractivity contribution < 1.29 is 9.53 Å². The smallest absolute Gasteiger partial charge is 0.302 e. The lowest BCUT2D eigenvalue weighted by Gasteiger charge is -1.97. The van der Waals surface area contributed by atoms with Crippen molar-refractivity contribution >= 4 is 5.97 Å². The van der Waals surface area contributed by atoms with Crippen molar-refractivity contribution in [2.75, 3.05) is 6.61 Å². The number of hydrogen-bond donors (Lipinski definition) is 0. The molecule has 0 aromatic rings. The fourth-order valence-electron chi connectivity index (χ4n) is 1.71. The third kappa shape index (κ3) is 16.7. The van der Waals surface area contributed by atoms with Gasteiger partial charge in [-0.2, -0.15) is 0 Å². The van der Waals surface area contributed by atoms with Crippen LogP contribution in [0.2, 0.25) is 0 Å². The van der Waals surface area contributed by atoms with E-state index in [0.717, 1.165) is 25.7 Å². The Balaban J connectivity index is 3.32. The molecule has 0 rings (SSSR count). The highest BCUT2D eigenvalue weighted by atomic mass is 16.5. The number of carbonyl (C=O) groups is 1. The molecular formula is C18H30O2. The highest BCUT2D eigenvalue weighted by molar-refractivity contribution is 5.65. The van der Waals surface area contributed by atoms with Crippen LogP contribution in [0.1, 0.15) is 65.2 Å². The highest BCUT2D eigenvalue weighted by Crippen LogP contribution is 2.01. The minimum Gasteiger partial charge on any atom is -0.466 e. The summed E-state index contributed by atoms with van der Waals surface area (Å²) in [5.41, 5.74) is 0. The Bertz CT molecular complexity index is 301. The fraction of sp³-hybridized carbons (Fsp3) is 0.611. The minimum atomic E-state index is -0.198. The average Bonchev–Trinajstić information content (AvgIpc) is 2.43. The van der Waals surface area contributed by atoms with E-state index in [1.165, 1.54) is 32.6 Å². The van der Waals surface area contributed by atoms with E-state index in [2.05, 4.69) is 43.4 Å². The van der Waals surface area contributed by atoms with Crippen molar-refractivity contribution in [3.63, 3.8) is 0 Å². The van der Waals surface area contributed by atoms with Crippen LogP contribution in [0.4, 0.5) is 0 Å². The van der Waals surface area contributed by atoms with E-state index in [4.69, 9.17) is 4.74 Å². The molecule has 0 aromatic heterocycles. The van der Waals surface area contributed by atoms with E-state index in [1.54, 1.807) is 0 Å². The first-order valence-corrected chi connectivity index (χ1v) is 7.87. The van der Waals surface area contributed by atoms with E-state index >= 15 is 0 Å². The molecule has 2 heteroatoms. The van der Waals surface area contributed by atoms with E-state index < -0.39 is 0 Å². The van der Waals surface area contributed by atoms with E-state index in [0.29, 0.717) is 6.61 Å². The fourth-order valence-corrected chi connectivity index (χ4v) is 1.71. The third-order valence-electron chi connectivity index (χ3n) is 2.84. The van der Waals surface area contributed by atoms with Crippen LogP contribution in [-0.2, 0) is 9.53 Å². The molecular weight excluding hydrogens is 248 g/mol. The molecule has 0 aromatic carbocycles. The molecule has 0 spiro atoms. The molecule has 0 aliphatic rings. The molecule has 0 heterocycles. The molecule has 20 heavy (non-hydrogen) atoms. The second kappa shape index (κ2) is 15.7. The molecule has 0 saturated carbocycles. The zero-order valence-corrected chi connectivity index (χ0v) is 13.1. The Kier molecular flexibility index (Phi) is 14.7. The maximum absolute atomic E-state index is 10.5. The van der Waals surface area contributed by atoms with Gasteiger partial charge in [0.1, 0.15) is 0 Å². The van der Waals surface area contributed by atoms with Crippen molar-refractivity contribution in [1.82, 2.24) is 0 Å².